The number of carbonyl (C=O) groups is 2. The first-order valence-corrected chi connectivity index (χ1v) is 10.3. The van der Waals surface area contributed by atoms with Crippen molar-refractivity contribution in [2.75, 3.05) is 0 Å². The molecule has 2 aromatic rings. The molecule has 0 aliphatic heterocycles. The highest BCUT2D eigenvalue weighted by molar-refractivity contribution is 6.30. The highest BCUT2D eigenvalue weighted by Crippen LogP contribution is 2.49. The summed E-state index contributed by atoms with van der Waals surface area (Å²) in [6.07, 6.45) is 4.46. The summed E-state index contributed by atoms with van der Waals surface area (Å²) >= 11 is 5.94. The van der Waals surface area contributed by atoms with Gasteiger partial charge in [0.05, 0.1) is 17.7 Å². The molecular formula is C22H25ClN2O4. The maximum atomic E-state index is 12.8. The van der Waals surface area contributed by atoms with E-state index in [1.54, 1.807) is 24.3 Å². The van der Waals surface area contributed by atoms with Gasteiger partial charge in [0.15, 0.2) is 5.78 Å². The molecule has 0 saturated heterocycles. The van der Waals surface area contributed by atoms with Crippen LogP contribution in [0.5, 0.6) is 0 Å². The number of carbonyl (C=O) groups excluding carboxylic acids is 1. The Hall–Kier alpha value is -2.47. The summed E-state index contributed by atoms with van der Waals surface area (Å²) < 4.78 is 1.40. The molecule has 1 aliphatic rings. The third-order valence-electron chi connectivity index (χ3n) is 5.41. The molecule has 6 nitrogen and oxygen atoms in total. The summed E-state index contributed by atoms with van der Waals surface area (Å²) in [7, 11) is 0. The van der Waals surface area contributed by atoms with Gasteiger partial charge in [-0.25, -0.2) is 4.98 Å². The molecular weight excluding hydrogens is 392 g/mol. The van der Waals surface area contributed by atoms with E-state index in [2.05, 4.69) is 11.9 Å². The zero-order valence-electron chi connectivity index (χ0n) is 16.5. The summed E-state index contributed by atoms with van der Waals surface area (Å²) in [5.74, 6) is -0.619. The third-order valence-corrected chi connectivity index (χ3v) is 5.66. The minimum atomic E-state index is -0.933. The quantitative estimate of drug-likeness (QED) is 0.588. The number of ketones is 1. The lowest BCUT2D eigenvalue weighted by molar-refractivity contribution is -0.145. The number of carboxylic acid groups (broad SMARTS) is 1. The van der Waals surface area contributed by atoms with Gasteiger partial charge in [0.25, 0.3) is 5.56 Å². The lowest BCUT2D eigenvalue weighted by Crippen LogP contribution is -2.30. The van der Waals surface area contributed by atoms with E-state index in [-0.39, 0.29) is 24.3 Å². The lowest BCUT2D eigenvalue weighted by atomic mass is 9.99. The van der Waals surface area contributed by atoms with Crippen LogP contribution in [-0.4, -0.2) is 26.4 Å². The van der Waals surface area contributed by atoms with Crippen molar-refractivity contribution in [2.45, 2.75) is 58.4 Å². The van der Waals surface area contributed by atoms with Crippen molar-refractivity contribution in [1.29, 1.82) is 0 Å². The number of halogens is 1. The van der Waals surface area contributed by atoms with Gasteiger partial charge in [0.2, 0.25) is 0 Å². The monoisotopic (exact) mass is 416 g/mol. The van der Waals surface area contributed by atoms with E-state index in [1.165, 1.54) is 10.6 Å². The van der Waals surface area contributed by atoms with Gasteiger partial charge in [-0.05, 0) is 31.4 Å². The van der Waals surface area contributed by atoms with E-state index in [4.69, 9.17) is 11.6 Å². The standard InChI is InChI=1S/C22H25ClN2O4/c1-2-3-4-5-19-24-18(15-6-8-16(23)9-7-15)12-20(27)25(19)14-17(26)13-22(10-11-22)21(28)29/h6-9,12H,2-5,10-11,13-14H2,1H3,(H,28,29). The number of hydrogen-bond acceptors (Lipinski definition) is 4. The molecule has 3 rings (SSSR count). The number of aliphatic carboxylic acids is 1. The Labute approximate surface area is 174 Å². The van der Waals surface area contributed by atoms with Gasteiger partial charge < -0.3 is 5.11 Å². The SMILES string of the molecule is CCCCCc1nc(-c2ccc(Cl)cc2)cc(=O)n1CC(=O)CC1(C(=O)O)CC1. The fourth-order valence-electron chi connectivity index (χ4n) is 3.44. The van der Waals surface area contributed by atoms with Gasteiger partial charge in [-0.1, -0.05) is 43.5 Å². The molecule has 29 heavy (non-hydrogen) atoms. The third kappa shape index (κ3) is 5.12. The van der Waals surface area contributed by atoms with Crippen LogP contribution in [0.25, 0.3) is 11.3 Å². The van der Waals surface area contributed by atoms with Crippen molar-refractivity contribution < 1.29 is 14.7 Å². The van der Waals surface area contributed by atoms with Crippen molar-refractivity contribution in [2.24, 2.45) is 5.41 Å². The molecule has 154 valence electrons. The second kappa shape index (κ2) is 8.91. The molecule has 0 spiro atoms. The molecule has 0 bridgehead atoms. The minimum absolute atomic E-state index is 0.0396. The average Bonchev–Trinajstić information content (AvgIpc) is 3.45. The summed E-state index contributed by atoms with van der Waals surface area (Å²) in [5.41, 5.74) is 0.0975. The summed E-state index contributed by atoms with van der Waals surface area (Å²) in [5, 5.41) is 9.91. The molecule has 7 heteroatoms. The van der Waals surface area contributed by atoms with E-state index < -0.39 is 11.4 Å². The molecule has 0 atom stereocenters. The Morgan fingerprint density at radius 3 is 2.48 bits per heavy atom. The van der Waals surface area contributed by atoms with Gasteiger partial charge in [0, 0.05) is 29.5 Å². The van der Waals surface area contributed by atoms with Crippen molar-refractivity contribution in [3.8, 4) is 11.3 Å². The van der Waals surface area contributed by atoms with E-state index >= 15 is 0 Å². The van der Waals surface area contributed by atoms with Gasteiger partial charge in [-0.15, -0.1) is 0 Å². The van der Waals surface area contributed by atoms with Crippen LogP contribution in [0, 0.1) is 5.41 Å². The van der Waals surface area contributed by atoms with Crippen LogP contribution in [-0.2, 0) is 22.6 Å². The van der Waals surface area contributed by atoms with E-state index in [0.29, 0.717) is 35.8 Å². The molecule has 0 amide bonds. The first kappa shape index (κ1) is 21.2. The predicted molar refractivity (Wildman–Crippen MR) is 111 cm³/mol. The van der Waals surface area contributed by atoms with Crippen molar-refractivity contribution >= 4 is 23.4 Å². The van der Waals surface area contributed by atoms with E-state index in [9.17, 15) is 19.5 Å². The fourth-order valence-corrected chi connectivity index (χ4v) is 3.57. The Morgan fingerprint density at radius 2 is 1.90 bits per heavy atom. The number of nitrogens with zero attached hydrogens (tertiary/aromatic N) is 2. The molecule has 1 N–H and O–H groups in total. The maximum Gasteiger partial charge on any atom is 0.310 e. The van der Waals surface area contributed by atoms with Crippen LogP contribution in [0.15, 0.2) is 35.1 Å². The average molecular weight is 417 g/mol. The van der Waals surface area contributed by atoms with E-state index in [1.807, 2.05) is 0 Å². The number of aromatic nitrogens is 2. The summed E-state index contributed by atoms with van der Waals surface area (Å²) in [4.78, 5) is 41.4. The van der Waals surface area contributed by atoms with Crippen LogP contribution in [0.2, 0.25) is 5.02 Å². The topological polar surface area (TPSA) is 89.3 Å². The first-order chi connectivity index (χ1) is 13.8. The van der Waals surface area contributed by atoms with Crippen LogP contribution in [0.3, 0.4) is 0 Å². The fraction of sp³-hybridized carbons (Fsp3) is 0.455. The molecule has 1 aliphatic carbocycles. The largest absolute Gasteiger partial charge is 0.481 e. The number of carboxylic acids is 1. The number of unbranched alkanes of at least 4 members (excludes halogenated alkanes) is 2. The van der Waals surface area contributed by atoms with Gasteiger partial charge in [-0.3, -0.25) is 19.0 Å². The van der Waals surface area contributed by atoms with Gasteiger partial charge in [0.1, 0.15) is 5.82 Å². The first-order valence-electron chi connectivity index (χ1n) is 9.96. The predicted octanol–water partition coefficient (Wildman–Crippen LogP) is 4.12. The van der Waals surface area contributed by atoms with Crippen LogP contribution in [0.4, 0.5) is 0 Å². The van der Waals surface area contributed by atoms with E-state index in [0.717, 1.165) is 24.8 Å². The maximum absolute atomic E-state index is 12.8. The summed E-state index contributed by atoms with van der Waals surface area (Å²) in [6.45, 7) is 1.96. The van der Waals surface area contributed by atoms with Crippen LogP contribution >= 0.6 is 11.6 Å². The summed E-state index contributed by atoms with van der Waals surface area (Å²) in [6, 6.07) is 8.51. The molecule has 1 aromatic carbocycles. The minimum Gasteiger partial charge on any atom is -0.481 e. The molecule has 1 aromatic heterocycles. The highest BCUT2D eigenvalue weighted by atomic mass is 35.5. The molecule has 1 saturated carbocycles. The zero-order valence-corrected chi connectivity index (χ0v) is 17.2. The number of rotatable bonds is 10. The second-order valence-electron chi connectivity index (χ2n) is 7.75. The van der Waals surface area contributed by atoms with Crippen molar-refractivity contribution in [3.63, 3.8) is 0 Å². The Morgan fingerprint density at radius 1 is 1.21 bits per heavy atom. The number of Topliss-reactive ketones (excluding diaryl/α,β-unsaturated/α-hetero) is 1. The zero-order chi connectivity index (χ0) is 21.0. The Balaban J connectivity index is 1.88. The molecule has 1 fully saturated rings. The van der Waals surface area contributed by atoms with Crippen LogP contribution < -0.4 is 5.56 Å². The smallest absolute Gasteiger partial charge is 0.310 e. The molecule has 1 heterocycles. The van der Waals surface area contributed by atoms with Crippen molar-refractivity contribution in [3.05, 3.63) is 51.5 Å². The van der Waals surface area contributed by atoms with Gasteiger partial charge >= 0.3 is 5.97 Å². The number of aryl methyl sites for hydroxylation is 1. The normalized spacial score (nSPS) is 14.6. The lowest BCUT2D eigenvalue weighted by Gasteiger charge is -2.15. The highest BCUT2D eigenvalue weighted by Gasteiger charge is 2.51. The number of hydrogen-bond donors (Lipinski definition) is 1. The molecule has 0 radical (unpaired) electrons. The number of benzene rings is 1. The second-order valence-corrected chi connectivity index (χ2v) is 8.18. The van der Waals surface area contributed by atoms with Crippen molar-refractivity contribution in [1.82, 2.24) is 9.55 Å². The Bertz CT molecular complexity index is 962. The van der Waals surface area contributed by atoms with Crippen LogP contribution in [0.1, 0.15) is 51.3 Å². The molecule has 0 unspecified atom stereocenters. The Kier molecular flexibility index (Phi) is 6.52. The van der Waals surface area contributed by atoms with Gasteiger partial charge in [-0.2, -0.15) is 0 Å².